The van der Waals surface area contributed by atoms with Crippen molar-refractivity contribution in [2.45, 2.75) is 32.1 Å². The van der Waals surface area contributed by atoms with Crippen LogP contribution in [-0.2, 0) is 14.8 Å². The van der Waals surface area contributed by atoms with Crippen LogP contribution < -0.4 is 19.1 Å². The summed E-state index contributed by atoms with van der Waals surface area (Å²) >= 11 is 0. The first-order valence-corrected chi connectivity index (χ1v) is 10.7. The lowest BCUT2D eigenvalue weighted by molar-refractivity contribution is -0.119. The highest BCUT2D eigenvalue weighted by Gasteiger charge is 2.25. The minimum atomic E-state index is -3.68. The van der Waals surface area contributed by atoms with E-state index in [1.54, 1.807) is 18.2 Å². The van der Waals surface area contributed by atoms with Gasteiger partial charge in [0.25, 0.3) is 0 Å². The van der Waals surface area contributed by atoms with E-state index in [9.17, 15) is 13.2 Å². The highest BCUT2D eigenvalue weighted by atomic mass is 32.2. The molecule has 26 heavy (non-hydrogen) atoms. The Morgan fingerprint density at radius 3 is 2.46 bits per heavy atom. The zero-order valence-electron chi connectivity index (χ0n) is 15.7. The summed E-state index contributed by atoms with van der Waals surface area (Å²) in [6, 6.07) is 4.84. The predicted molar refractivity (Wildman–Crippen MR) is 101 cm³/mol. The van der Waals surface area contributed by atoms with Crippen LogP contribution in [0.1, 0.15) is 32.1 Å². The van der Waals surface area contributed by atoms with Crippen molar-refractivity contribution in [3.8, 4) is 11.5 Å². The number of ether oxygens (including phenoxy) is 2. The summed E-state index contributed by atoms with van der Waals surface area (Å²) < 4.78 is 36.1. The van der Waals surface area contributed by atoms with Gasteiger partial charge in [0.2, 0.25) is 15.9 Å². The van der Waals surface area contributed by atoms with E-state index in [-0.39, 0.29) is 18.1 Å². The normalized spacial score (nSPS) is 15.3. The first kappa shape index (κ1) is 20.4. The molecule has 0 atom stereocenters. The number of methoxy groups -OCH3 is 2. The van der Waals surface area contributed by atoms with Crippen LogP contribution in [0.4, 0.5) is 5.69 Å². The van der Waals surface area contributed by atoms with E-state index in [0.717, 1.165) is 23.4 Å². The number of nitrogens with zero attached hydrogens (tertiary/aromatic N) is 1. The SMILES string of the molecule is COc1ccc(OC)c(N(CC(=O)NCC2CCCCC2)S(C)(=O)=O)c1. The van der Waals surface area contributed by atoms with Crippen molar-refractivity contribution in [3.63, 3.8) is 0 Å². The largest absolute Gasteiger partial charge is 0.497 e. The van der Waals surface area contributed by atoms with Crippen molar-refractivity contribution >= 4 is 21.6 Å². The van der Waals surface area contributed by atoms with Crippen LogP contribution in [-0.4, -0.2) is 47.9 Å². The molecule has 8 heteroatoms. The van der Waals surface area contributed by atoms with E-state index in [1.165, 1.54) is 33.5 Å². The van der Waals surface area contributed by atoms with Crippen LogP contribution >= 0.6 is 0 Å². The van der Waals surface area contributed by atoms with Crippen LogP contribution in [0.3, 0.4) is 0 Å². The second-order valence-electron chi connectivity index (χ2n) is 6.62. The van der Waals surface area contributed by atoms with Gasteiger partial charge in [0.1, 0.15) is 18.0 Å². The molecule has 0 unspecified atom stereocenters. The van der Waals surface area contributed by atoms with Gasteiger partial charge in [-0.25, -0.2) is 8.42 Å². The third-order valence-corrected chi connectivity index (χ3v) is 5.78. The van der Waals surface area contributed by atoms with E-state index in [2.05, 4.69) is 5.32 Å². The quantitative estimate of drug-likeness (QED) is 0.742. The van der Waals surface area contributed by atoms with Crippen molar-refractivity contribution < 1.29 is 22.7 Å². The molecule has 2 rings (SSSR count). The van der Waals surface area contributed by atoms with Crippen LogP contribution in [0.2, 0.25) is 0 Å². The number of benzene rings is 1. The van der Waals surface area contributed by atoms with E-state index >= 15 is 0 Å². The maximum absolute atomic E-state index is 12.4. The monoisotopic (exact) mass is 384 g/mol. The average Bonchev–Trinajstić information content (AvgIpc) is 2.63. The molecule has 1 saturated carbocycles. The second-order valence-corrected chi connectivity index (χ2v) is 8.52. The standard InChI is InChI=1S/C18H28N2O5S/c1-24-15-9-10-17(25-2)16(11-15)20(26(3,22)23)13-18(21)19-12-14-7-5-4-6-8-14/h9-11,14H,4-8,12-13H2,1-3H3,(H,19,21). The Morgan fingerprint density at radius 1 is 1.19 bits per heavy atom. The van der Waals surface area contributed by atoms with Gasteiger partial charge in [-0.1, -0.05) is 19.3 Å². The fourth-order valence-corrected chi connectivity index (χ4v) is 4.06. The molecule has 1 aromatic carbocycles. The lowest BCUT2D eigenvalue weighted by atomic mass is 9.89. The Hall–Kier alpha value is -1.96. The lowest BCUT2D eigenvalue weighted by Crippen LogP contribution is -2.42. The van der Waals surface area contributed by atoms with Crippen LogP contribution in [0, 0.1) is 5.92 Å². The van der Waals surface area contributed by atoms with Gasteiger partial charge in [0, 0.05) is 12.6 Å². The van der Waals surface area contributed by atoms with E-state index < -0.39 is 10.0 Å². The van der Waals surface area contributed by atoms with Crippen molar-refractivity contribution in [1.29, 1.82) is 0 Å². The molecule has 1 N–H and O–H groups in total. The van der Waals surface area contributed by atoms with Crippen LogP contribution in [0.25, 0.3) is 0 Å². The summed E-state index contributed by atoms with van der Waals surface area (Å²) in [6.07, 6.45) is 6.93. The number of hydrogen-bond acceptors (Lipinski definition) is 5. The number of carbonyl (C=O) groups is 1. The molecule has 7 nitrogen and oxygen atoms in total. The third kappa shape index (κ3) is 5.52. The number of anilines is 1. The molecule has 0 aromatic heterocycles. The number of carbonyl (C=O) groups excluding carboxylic acids is 1. The molecule has 0 aliphatic heterocycles. The maximum atomic E-state index is 12.4. The van der Waals surface area contributed by atoms with Gasteiger partial charge < -0.3 is 14.8 Å². The molecule has 1 aliphatic carbocycles. The number of amides is 1. The number of hydrogen-bond donors (Lipinski definition) is 1. The van der Waals surface area contributed by atoms with Gasteiger partial charge in [0.15, 0.2) is 0 Å². The van der Waals surface area contributed by atoms with E-state index in [0.29, 0.717) is 24.0 Å². The molecule has 146 valence electrons. The van der Waals surface area contributed by atoms with E-state index in [1.807, 2.05) is 0 Å². The van der Waals surface area contributed by atoms with Gasteiger partial charge in [-0.05, 0) is 30.9 Å². The molecule has 1 aromatic rings. The van der Waals surface area contributed by atoms with Gasteiger partial charge in [-0.15, -0.1) is 0 Å². The molecule has 1 amide bonds. The minimum absolute atomic E-state index is 0.280. The summed E-state index contributed by atoms with van der Waals surface area (Å²) in [4.78, 5) is 12.4. The minimum Gasteiger partial charge on any atom is -0.497 e. The molecular weight excluding hydrogens is 356 g/mol. The summed E-state index contributed by atoms with van der Waals surface area (Å²) in [7, 11) is -0.730. The molecule has 1 aliphatic rings. The molecule has 0 bridgehead atoms. The Morgan fingerprint density at radius 2 is 1.88 bits per heavy atom. The first-order chi connectivity index (χ1) is 12.3. The summed E-state index contributed by atoms with van der Waals surface area (Å²) in [6.45, 7) is 0.292. The van der Waals surface area contributed by atoms with Gasteiger partial charge in [-0.3, -0.25) is 9.10 Å². The second kappa shape index (κ2) is 9.12. The lowest BCUT2D eigenvalue weighted by Gasteiger charge is -2.25. The number of rotatable bonds is 8. The maximum Gasteiger partial charge on any atom is 0.240 e. The summed E-state index contributed by atoms with van der Waals surface area (Å²) in [5.74, 6) is 0.991. The van der Waals surface area contributed by atoms with Gasteiger partial charge in [-0.2, -0.15) is 0 Å². The smallest absolute Gasteiger partial charge is 0.240 e. The van der Waals surface area contributed by atoms with Crippen LogP contribution in [0.5, 0.6) is 11.5 Å². The molecule has 1 fully saturated rings. The Kier molecular flexibility index (Phi) is 7.14. The fourth-order valence-electron chi connectivity index (χ4n) is 3.21. The van der Waals surface area contributed by atoms with Gasteiger partial charge in [0.05, 0.1) is 26.2 Å². The fraction of sp³-hybridized carbons (Fsp3) is 0.611. The van der Waals surface area contributed by atoms with Crippen molar-refractivity contribution in [2.24, 2.45) is 5.92 Å². The number of sulfonamides is 1. The predicted octanol–water partition coefficient (Wildman–Crippen LogP) is 2.17. The summed E-state index contributed by atoms with van der Waals surface area (Å²) in [5, 5.41) is 2.87. The number of nitrogens with one attached hydrogen (secondary N) is 1. The molecule has 0 saturated heterocycles. The van der Waals surface area contributed by atoms with Crippen molar-refractivity contribution in [1.82, 2.24) is 5.32 Å². The molecular formula is C18H28N2O5S. The highest BCUT2D eigenvalue weighted by molar-refractivity contribution is 7.92. The molecule has 0 radical (unpaired) electrons. The summed E-state index contributed by atoms with van der Waals surface area (Å²) in [5.41, 5.74) is 0.280. The van der Waals surface area contributed by atoms with Crippen LogP contribution in [0.15, 0.2) is 18.2 Å². The zero-order valence-corrected chi connectivity index (χ0v) is 16.5. The van der Waals surface area contributed by atoms with Crippen molar-refractivity contribution in [3.05, 3.63) is 18.2 Å². The Bertz CT molecular complexity index is 714. The molecule has 0 heterocycles. The topological polar surface area (TPSA) is 84.9 Å². The first-order valence-electron chi connectivity index (χ1n) is 8.81. The average molecular weight is 384 g/mol. The highest BCUT2D eigenvalue weighted by Crippen LogP contribution is 2.33. The van der Waals surface area contributed by atoms with Gasteiger partial charge >= 0.3 is 0 Å². The third-order valence-electron chi connectivity index (χ3n) is 4.65. The Balaban J connectivity index is 2.14. The zero-order chi connectivity index (χ0) is 19.2. The molecule has 0 spiro atoms. The van der Waals surface area contributed by atoms with E-state index in [4.69, 9.17) is 9.47 Å². The Labute approximate surface area is 155 Å². The van der Waals surface area contributed by atoms with Crippen molar-refractivity contribution in [2.75, 3.05) is 37.9 Å².